The summed E-state index contributed by atoms with van der Waals surface area (Å²) in [6.45, 7) is 3.19. The molecule has 0 spiro atoms. The van der Waals surface area contributed by atoms with Crippen LogP contribution in [0.25, 0.3) is 0 Å². The molecule has 5 nitrogen and oxygen atoms in total. The van der Waals surface area contributed by atoms with Gasteiger partial charge < -0.3 is 25.2 Å². The molecule has 2 aromatic rings. The molecule has 1 fully saturated rings. The van der Waals surface area contributed by atoms with E-state index in [0.717, 1.165) is 11.1 Å². The summed E-state index contributed by atoms with van der Waals surface area (Å²) in [4.78, 5) is 0. The van der Waals surface area contributed by atoms with Crippen molar-refractivity contribution in [3.63, 3.8) is 0 Å². The lowest BCUT2D eigenvalue weighted by atomic mass is 9.80. The van der Waals surface area contributed by atoms with Crippen LogP contribution in [0.5, 0.6) is 0 Å². The van der Waals surface area contributed by atoms with E-state index in [0.29, 0.717) is 17.0 Å². The average Bonchev–Trinajstić information content (AvgIpc) is 2.66. The van der Waals surface area contributed by atoms with Gasteiger partial charge in [0.05, 0.1) is 6.61 Å². The van der Waals surface area contributed by atoms with Crippen LogP contribution in [-0.2, 0) is 16.8 Å². The van der Waals surface area contributed by atoms with Crippen molar-refractivity contribution in [1.29, 1.82) is 0 Å². The smallest absolute Gasteiger partial charge is 0.119 e. The molecule has 6 heteroatoms. The maximum absolute atomic E-state index is 10.6. The molecule has 0 saturated carbocycles. The van der Waals surface area contributed by atoms with Gasteiger partial charge in [0.15, 0.2) is 0 Å². The fourth-order valence-electron chi connectivity index (χ4n) is 3.52. The molecule has 27 heavy (non-hydrogen) atoms. The minimum absolute atomic E-state index is 0.468. The molecule has 4 N–H and O–H groups in total. The Balaban J connectivity index is 1.95. The maximum Gasteiger partial charge on any atom is 0.119 e. The van der Waals surface area contributed by atoms with Gasteiger partial charge in [0.2, 0.25) is 0 Å². The van der Waals surface area contributed by atoms with E-state index in [1.165, 1.54) is 5.56 Å². The number of hydrogen-bond donors (Lipinski definition) is 4. The highest BCUT2D eigenvalue weighted by molar-refractivity contribution is 6.31. The van der Waals surface area contributed by atoms with Crippen LogP contribution in [0.15, 0.2) is 42.5 Å². The van der Waals surface area contributed by atoms with E-state index < -0.39 is 36.6 Å². The molecule has 0 bridgehead atoms. The van der Waals surface area contributed by atoms with Crippen LogP contribution in [-0.4, -0.2) is 51.4 Å². The monoisotopic (exact) mass is 392 g/mol. The summed E-state index contributed by atoms with van der Waals surface area (Å²) in [5.74, 6) is 0. The van der Waals surface area contributed by atoms with Gasteiger partial charge in [-0.1, -0.05) is 53.6 Å². The highest BCUT2D eigenvalue weighted by Crippen LogP contribution is 2.39. The van der Waals surface area contributed by atoms with Crippen LogP contribution < -0.4 is 0 Å². The summed E-state index contributed by atoms with van der Waals surface area (Å²) in [5.41, 5.74) is 2.45. The van der Waals surface area contributed by atoms with Gasteiger partial charge >= 0.3 is 0 Å². The first-order chi connectivity index (χ1) is 12.8. The zero-order chi connectivity index (χ0) is 19.8. The second kappa shape index (κ2) is 7.87. The van der Waals surface area contributed by atoms with Gasteiger partial charge in [0.1, 0.15) is 30.0 Å². The molecule has 0 aliphatic carbocycles. The van der Waals surface area contributed by atoms with Crippen molar-refractivity contribution < 1.29 is 25.2 Å². The molecule has 0 amide bonds. The van der Waals surface area contributed by atoms with E-state index in [4.69, 9.17) is 16.3 Å². The van der Waals surface area contributed by atoms with E-state index in [1.54, 1.807) is 19.1 Å². The number of ether oxygens (including phenoxy) is 1. The molecular formula is C21H25ClO5. The van der Waals surface area contributed by atoms with Crippen molar-refractivity contribution >= 4 is 11.6 Å². The summed E-state index contributed by atoms with van der Waals surface area (Å²) >= 11 is 6.37. The molecule has 1 aliphatic rings. The second-order valence-electron chi connectivity index (χ2n) is 7.34. The van der Waals surface area contributed by atoms with Crippen LogP contribution in [0.2, 0.25) is 5.02 Å². The Bertz CT molecular complexity index is 792. The zero-order valence-electron chi connectivity index (χ0n) is 15.3. The number of benzene rings is 2. The second-order valence-corrected chi connectivity index (χ2v) is 7.75. The first-order valence-corrected chi connectivity index (χ1v) is 9.31. The minimum atomic E-state index is -1.43. The average molecular weight is 393 g/mol. The molecule has 0 radical (unpaired) electrons. The van der Waals surface area contributed by atoms with E-state index >= 15 is 0 Å². The summed E-state index contributed by atoms with van der Waals surface area (Å²) in [7, 11) is 0. The Morgan fingerprint density at radius 1 is 1.04 bits per heavy atom. The van der Waals surface area contributed by atoms with Gasteiger partial charge in [-0.25, -0.2) is 0 Å². The van der Waals surface area contributed by atoms with Gasteiger partial charge in [0.25, 0.3) is 0 Å². The third-order valence-corrected chi connectivity index (χ3v) is 5.70. The SMILES string of the molecule is Cc1ccc(Cc2cc([C@]3(C)O[C@H](CO)[C@@H](O)[C@H](O)[C@H]3O)ccc2Cl)cc1. The first kappa shape index (κ1) is 20.3. The summed E-state index contributed by atoms with van der Waals surface area (Å²) < 4.78 is 5.81. The zero-order valence-corrected chi connectivity index (χ0v) is 16.1. The Kier molecular flexibility index (Phi) is 5.91. The maximum atomic E-state index is 10.6. The van der Waals surface area contributed by atoms with Crippen LogP contribution in [0.3, 0.4) is 0 Å². The highest BCUT2D eigenvalue weighted by Gasteiger charge is 2.51. The highest BCUT2D eigenvalue weighted by atomic mass is 35.5. The number of aliphatic hydroxyl groups is 4. The largest absolute Gasteiger partial charge is 0.394 e. The first-order valence-electron chi connectivity index (χ1n) is 8.93. The molecule has 0 unspecified atom stereocenters. The predicted octanol–water partition coefficient (Wildman–Crippen LogP) is 1.93. The fraction of sp³-hybridized carbons (Fsp3) is 0.429. The van der Waals surface area contributed by atoms with Gasteiger partial charge in [-0.3, -0.25) is 0 Å². The molecule has 5 atom stereocenters. The third-order valence-electron chi connectivity index (χ3n) is 5.33. The predicted molar refractivity (Wildman–Crippen MR) is 103 cm³/mol. The van der Waals surface area contributed by atoms with Crippen molar-refractivity contribution in [2.45, 2.75) is 50.3 Å². The van der Waals surface area contributed by atoms with E-state index in [2.05, 4.69) is 0 Å². The van der Waals surface area contributed by atoms with E-state index in [1.807, 2.05) is 37.3 Å². The number of halogens is 1. The molecule has 3 rings (SSSR count). The summed E-state index contributed by atoms with van der Waals surface area (Å²) in [5, 5.41) is 40.8. The van der Waals surface area contributed by atoms with Crippen LogP contribution in [0.4, 0.5) is 0 Å². The number of aliphatic hydroxyl groups excluding tert-OH is 4. The number of rotatable bonds is 4. The van der Waals surface area contributed by atoms with Gasteiger partial charge in [-0.05, 0) is 43.0 Å². The third kappa shape index (κ3) is 3.90. The van der Waals surface area contributed by atoms with Crippen molar-refractivity contribution in [2.24, 2.45) is 0 Å². The normalized spacial score (nSPS) is 31.1. The molecule has 1 saturated heterocycles. The Hall–Kier alpha value is -1.47. The van der Waals surface area contributed by atoms with Crippen molar-refractivity contribution in [1.82, 2.24) is 0 Å². The van der Waals surface area contributed by atoms with Crippen LogP contribution in [0.1, 0.15) is 29.2 Å². The number of aryl methyl sites for hydroxylation is 1. The Morgan fingerprint density at radius 2 is 1.70 bits per heavy atom. The summed E-state index contributed by atoms with van der Waals surface area (Å²) in [6, 6.07) is 13.4. The molecule has 146 valence electrons. The standard InChI is InChI=1S/C21H25ClO5/c1-12-3-5-13(6-4-12)9-14-10-15(7-8-16(14)22)21(2)20(26)19(25)18(24)17(11-23)27-21/h3-8,10,17-20,23-26H,9,11H2,1-2H3/t17-,18-,19+,20-,21+/m1/s1. The topological polar surface area (TPSA) is 90.2 Å². The number of hydrogen-bond acceptors (Lipinski definition) is 5. The van der Waals surface area contributed by atoms with Gasteiger partial charge in [-0.2, -0.15) is 0 Å². The summed E-state index contributed by atoms with van der Waals surface area (Å²) in [6.07, 6.45) is -4.55. The fourth-order valence-corrected chi connectivity index (χ4v) is 3.70. The molecule has 2 aromatic carbocycles. The van der Waals surface area contributed by atoms with Crippen molar-refractivity contribution in [3.05, 3.63) is 69.7 Å². The quantitative estimate of drug-likeness (QED) is 0.638. The van der Waals surface area contributed by atoms with E-state index in [-0.39, 0.29) is 0 Å². The van der Waals surface area contributed by atoms with Gasteiger partial charge in [-0.15, -0.1) is 0 Å². The Labute approximate surface area is 163 Å². The van der Waals surface area contributed by atoms with Crippen LogP contribution >= 0.6 is 11.6 Å². The molecular weight excluding hydrogens is 368 g/mol. The molecule has 1 aliphatic heterocycles. The molecule has 1 heterocycles. The Morgan fingerprint density at radius 3 is 2.33 bits per heavy atom. The lowest BCUT2D eigenvalue weighted by Crippen LogP contribution is -2.62. The minimum Gasteiger partial charge on any atom is -0.394 e. The lowest BCUT2D eigenvalue weighted by Gasteiger charge is -2.47. The van der Waals surface area contributed by atoms with Crippen LogP contribution in [0, 0.1) is 6.92 Å². The van der Waals surface area contributed by atoms with Crippen molar-refractivity contribution in [3.8, 4) is 0 Å². The van der Waals surface area contributed by atoms with Crippen molar-refractivity contribution in [2.75, 3.05) is 6.61 Å². The molecule has 0 aromatic heterocycles. The van der Waals surface area contributed by atoms with Gasteiger partial charge in [0, 0.05) is 5.02 Å². The lowest BCUT2D eigenvalue weighted by molar-refractivity contribution is -0.273. The van der Waals surface area contributed by atoms with E-state index in [9.17, 15) is 20.4 Å².